The first kappa shape index (κ1) is 21.3. The standard InChI is InChI=1S/C21H29N3O5/c1-28-21(27)17-4-2-16(3-5-17)14-22-20(26)18-6-7-19(25)24(15-18)9-8-23-10-12-29-13-11-23/h2-5,18H,6-15H2,1H3,(H,22,26)/t18-/m0/s1. The molecule has 2 amide bonds. The van der Waals surface area contributed by atoms with Gasteiger partial charge in [-0.05, 0) is 24.1 Å². The highest BCUT2D eigenvalue weighted by molar-refractivity contribution is 5.89. The van der Waals surface area contributed by atoms with E-state index in [9.17, 15) is 14.4 Å². The van der Waals surface area contributed by atoms with E-state index >= 15 is 0 Å². The van der Waals surface area contributed by atoms with Gasteiger partial charge in [0, 0.05) is 45.7 Å². The monoisotopic (exact) mass is 403 g/mol. The molecule has 2 heterocycles. The Morgan fingerprint density at radius 1 is 1.17 bits per heavy atom. The van der Waals surface area contributed by atoms with Gasteiger partial charge in [0.2, 0.25) is 11.8 Å². The van der Waals surface area contributed by atoms with Crippen molar-refractivity contribution in [2.75, 3.05) is 53.0 Å². The quantitative estimate of drug-likeness (QED) is 0.673. The summed E-state index contributed by atoms with van der Waals surface area (Å²) in [5, 5.41) is 2.95. The van der Waals surface area contributed by atoms with Crippen molar-refractivity contribution >= 4 is 17.8 Å². The van der Waals surface area contributed by atoms with Crippen LogP contribution in [0.15, 0.2) is 24.3 Å². The van der Waals surface area contributed by atoms with Gasteiger partial charge in [-0.25, -0.2) is 4.79 Å². The first-order valence-corrected chi connectivity index (χ1v) is 10.1. The zero-order chi connectivity index (χ0) is 20.6. The van der Waals surface area contributed by atoms with E-state index in [0.717, 1.165) is 38.4 Å². The van der Waals surface area contributed by atoms with Gasteiger partial charge in [0.25, 0.3) is 0 Å². The van der Waals surface area contributed by atoms with Crippen molar-refractivity contribution in [1.82, 2.24) is 15.1 Å². The van der Waals surface area contributed by atoms with E-state index in [1.54, 1.807) is 24.3 Å². The number of hydrogen-bond donors (Lipinski definition) is 1. The number of nitrogens with zero attached hydrogens (tertiary/aromatic N) is 2. The van der Waals surface area contributed by atoms with E-state index in [-0.39, 0.29) is 23.7 Å². The molecule has 0 bridgehead atoms. The van der Waals surface area contributed by atoms with Gasteiger partial charge < -0.3 is 19.7 Å². The van der Waals surface area contributed by atoms with Crippen LogP contribution in [0.3, 0.4) is 0 Å². The summed E-state index contributed by atoms with van der Waals surface area (Å²) in [6.45, 7) is 5.57. The van der Waals surface area contributed by atoms with Crippen LogP contribution in [0, 0.1) is 5.92 Å². The molecule has 2 aliphatic rings. The highest BCUT2D eigenvalue weighted by Gasteiger charge is 2.30. The topological polar surface area (TPSA) is 88.2 Å². The van der Waals surface area contributed by atoms with Gasteiger partial charge in [-0.2, -0.15) is 0 Å². The summed E-state index contributed by atoms with van der Waals surface area (Å²) in [4.78, 5) is 40.4. The molecule has 1 aromatic rings. The van der Waals surface area contributed by atoms with E-state index in [1.807, 2.05) is 4.90 Å². The predicted octanol–water partition coefficient (Wildman–Crippen LogP) is 0.660. The normalized spacial score (nSPS) is 20.4. The lowest BCUT2D eigenvalue weighted by Crippen LogP contribution is -2.49. The highest BCUT2D eigenvalue weighted by atomic mass is 16.5. The Kier molecular flexibility index (Phi) is 7.60. The molecule has 1 N–H and O–H groups in total. The summed E-state index contributed by atoms with van der Waals surface area (Å²) < 4.78 is 10.0. The van der Waals surface area contributed by atoms with E-state index in [0.29, 0.717) is 38.0 Å². The van der Waals surface area contributed by atoms with Gasteiger partial charge in [-0.3, -0.25) is 14.5 Å². The molecule has 29 heavy (non-hydrogen) atoms. The van der Waals surface area contributed by atoms with Crippen molar-refractivity contribution in [2.45, 2.75) is 19.4 Å². The molecule has 0 saturated carbocycles. The second-order valence-corrected chi connectivity index (χ2v) is 7.44. The van der Waals surface area contributed by atoms with Crippen LogP contribution >= 0.6 is 0 Å². The number of hydrogen-bond acceptors (Lipinski definition) is 6. The van der Waals surface area contributed by atoms with Gasteiger partial charge in [0.05, 0.1) is 31.8 Å². The number of benzene rings is 1. The van der Waals surface area contributed by atoms with Crippen LogP contribution < -0.4 is 5.32 Å². The molecule has 0 spiro atoms. The summed E-state index contributed by atoms with van der Waals surface area (Å²) >= 11 is 0. The Morgan fingerprint density at radius 3 is 2.59 bits per heavy atom. The van der Waals surface area contributed by atoms with Gasteiger partial charge in [-0.1, -0.05) is 12.1 Å². The van der Waals surface area contributed by atoms with Crippen LogP contribution in [0.1, 0.15) is 28.8 Å². The molecule has 1 aromatic carbocycles. The van der Waals surface area contributed by atoms with Crippen molar-refractivity contribution < 1.29 is 23.9 Å². The molecule has 158 valence electrons. The van der Waals surface area contributed by atoms with Crippen molar-refractivity contribution in [3.8, 4) is 0 Å². The summed E-state index contributed by atoms with van der Waals surface area (Å²) in [6.07, 6.45) is 0.995. The molecular formula is C21H29N3O5. The number of rotatable bonds is 7. The maximum Gasteiger partial charge on any atom is 0.337 e. The summed E-state index contributed by atoms with van der Waals surface area (Å²) in [5.41, 5.74) is 1.38. The molecule has 2 saturated heterocycles. The number of carbonyl (C=O) groups excluding carboxylic acids is 3. The average molecular weight is 403 g/mol. The molecule has 1 atom stereocenters. The number of piperidine rings is 1. The molecule has 2 fully saturated rings. The third-order valence-corrected chi connectivity index (χ3v) is 5.50. The number of amides is 2. The van der Waals surface area contributed by atoms with Crippen LogP contribution in [0.2, 0.25) is 0 Å². The fourth-order valence-electron chi connectivity index (χ4n) is 3.64. The number of carbonyl (C=O) groups is 3. The smallest absolute Gasteiger partial charge is 0.337 e. The molecule has 8 heteroatoms. The molecule has 8 nitrogen and oxygen atoms in total. The molecule has 2 aliphatic heterocycles. The summed E-state index contributed by atoms with van der Waals surface area (Å²) in [5.74, 6) is -0.483. The van der Waals surface area contributed by atoms with Crippen molar-refractivity contribution in [1.29, 1.82) is 0 Å². The van der Waals surface area contributed by atoms with Gasteiger partial charge in [-0.15, -0.1) is 0 Å². The molecule has 0 unspecified atom stereocenters. The fourth-order valence-corrected chi connectivity index (χ4v) is 3.64. The second-order valence-electron chi connectivity index (χ2n) is 7.44. The second kappa shape index (κ2) is 10.4. The van der Waals surface area contributed by atoms with Crippen LogP contribution in [0.5, 0.6) is 0 Å². The largest absolute Gasteiger partial charge is 0.465 e. The van der Waals surface area contributed by atoms with E-state index in [1.165, 1.54) is 7.11 Å². The van der Waals surface area contributed by atoms with Crippen molar-refractivity contribution in [2.24, 2.45) is 5.92 Å². The lowest BCUT2D eigenvalue weighted by atomic mass is 9.96. The van der Waals surface area contributed by atoms with Crippen molar-refractivity contribution in [3.05, 3.63) is 35.4 Å². The highest BCUT2D eigenvalue weighted by Crippen LogP contribution is 2.18. The summed E-state index contributed by atoms with van der Waals surface area (Å²) in [7, 11) is 1.34. The first-order chi connectivity index (χ1) is 14.1. The SMILES string of the molecule is COC(=O)c1ccc(CNC(=O)[C@H]2CCC(=O)N(CCN3CCOCC3)C2)cc1. The summed E-state index contributed by atoms with van der Waals surface area (Å²) in [6, 6.07) is 6.96. The van der Waals surface area contributed by atoms with Gasteiger partial charge in [0.1, 0.15) is 0 Å². The Balaban J connectivity index is 1.46. The third kappa shape index (κ3) is 6.01. The minimum absolute atomic E-state index is 0.0362. The molecular weight excluding hydrogens is 374 g/mol. The Labute approximate surface area is 171 Å². The number of ether oxygens (including phenoxy) is 2. The number of esters is 1. The molecule has 0 aliphatic carbocycles. The van der Waals surface area contributed by atoms with Crippen LogP contribution in [0.25, 0.3) is 0 Å². The lowest BCUT2D eigenvalue weighted by molar-refractivity contribution is -0.138. The number of nitrogens with one attached hydrogen (secondary N) is 1. The van der Waals surface area contributed by atoms with Crippen LogP contribution in [-0.2, 0) is 25.6 Å². The zero-order valence-corrected chi connectivity index (χ0v) is 16.9. The average Bonchev–Trinajstić information content (AvgIpc) is 2.77. The number of methoxy groups -OCH3 is 1. The number of morpholine rings is 1. The molecule has 0 radical (unpaired) electrons. The van der Waals surface area contributed by atoms with Crippen LogP contribution in [0.4, 0.5) is 0 Å². The molecule has 3 rings (SSSR count). The fraction of sp³-hybridized carbons (Fsp3) is 0.571. The van der Waals surface area contributed by atoms with E-state index < -0.39 is 0 Å². The minimum Gasteiger partial charge on any atom is -0.465 e. The number of likely N-dealkylation sites (tertiary alicyclic amines) is 1. The van der Waals surface area contributed by atoms with E-state index in [2.05, 4.69) is 15.0 Å². The maximum absolute atomic E-state index is 12.6. The first-order valence-electron chi connectivity index (χ1n) is 10.1. The maximum atomic E-state index is 12.6. The van der Waals surface area contributed by atoms with Gasteiger partial charge >= 0.3 is 5.97 Å². The lowest BCUT2D eigenvalue weighted by Gasteiger charge is -2.34. The third-order valence-electron chi connectivity index (χ3n) is 5.50. The van der Waals surface area contributed by atoms with E-state index in [4.69, 9.17) is 4.74 Å². The Bertz CT molecular complexity index is 716. The zero-order valence-electron chi connectivity index (χ0n) is 16.9. The van der Waals surface area contributed by atoms with Crippen molar-refractivity contribution in [3.63, 3.8) is 0 Å². The molecule has 0 aromatic heterocycles. The minimum atomic E-state index is -0.385. The Morgan fingerprint density at radius 2 is 1.90 bits per heavy atom. The Hall–Kier alpha value is -2.45. The van der Waals surface area contributed by atoms with Gasteiger partial charge in [0.15, 0.2) is 0 Å². The van der Waals surface area contributed by atoms with Crippen LogP contribution in [-0.4, -0.2) is 80.6 Å². The predicted molar refractivity (Wildman–Crippen MR) is 106 cm³/mol.